The van der Waals surface area contributed by atoms with Crippen LogP contribution in [-0.2, 0) is 16.4 Å². The Bertz CT molecular complexity index is 1340. The van der Waals surface area contributed by atoms with Crippen molar-refractivity contribution in [3.05, 3.63) is 95.2 Å². The van der Waals surface area contributed by atoms with Gasteiger partial charge in [0.2, 0.25) is 10.0 Å². The molecule has 0 aliphatic carbocycles. The SMILES string of the molecule is COc1ccc(C2c3[nH]c4ccccc4c3CCN2S(=O)(=O)c2ccc(C)cc2)cc1. The molecule has 1 atom stereocenters. The van der Waals surface area contributed by atoms with E-state index in [1.807, 2.05) is 61.5 Å². The predicted molar refractivity (Wildman–Crippen MR) is 122 cm³/mol. The van der Waals surface area contributed by atoms with Crippen LogP contribution in [0.4, 0.5) is 0 Å². The molecule has 1 aliphatic rings. The van der Waals surface area contributed by atoms with Gasteiger partial charge in [-0.25, -0.2) is 8.42 Å². The van der Waals surface area contributed by atoms with Crippen molar-refractivity contribution in [1.29, 1.82) is 0 Å². The average molecular weight is 433 g/mol. The van der Waals surface area contributed by atoms with Gasteiger partial charge in [-0.3, -0.25) is 0 Å². The first kappa shape index (κ1) is 19.8. The van der Waals surface area contributed by atoms with Gasteiger partial charge in [-0.2, -0.15) is 4.31 Å². The van der Waals surface area contributed by atoms with E-state index >= 15 is 0 Å². The Morgan fingerprint density at radius 1 is 0.968 bits per heavy atom. The van der Waals surface area contributed by atoms with Crippen LogP contribution >= 0.6 is 0 Å². The molecule has 5 rings (SSSR count). The van der Waals surface area contributed by atoms with E-state index in [-0.39, 0.29) is 0 Å². The van der Waals surface area contributed by atoms with Crippen LogP contribution < -0.4 is 4.74 Å². The summed E-state index contributed by atoms with van der Waals surface area (Å²) in [5.74, 6) is 0.740. The first-order chi connectivity index (χ1) is 15.0. The van der Waals surface area contributed by atoms with Crippen LogP contribution in [-0.4, -0.2) is 31.4 Å². The van der Waals surface area contributed by atoms with E-state index in [0.29, 0.717) is 17.9 Å². The summed E-state index contributed by atoms with van der Waals surface area (Å²) in [6.07, 6.45) is 0.664. The Morgan fingerprint density at radius 2 is 1.68 bits per heavy atom. The molecule has 6 heteroatoms. The van der Waals surface area contributed by atoms with Gasteiger partial charge in [0.15, 0.2) is 0 Å². The lowest BCUT2D eigenvalue weighted by Gasteiger charge is -2.35. The molecule has 3 aromatic carbocycles. The summed E-state index contributed by atoms with van der Waals surface area (Å²) in [5, 5.41) is 1.16. The van der Waals surface area contributed by atoms with E-state index in [4.69, 9.17) is 4.74 Å². The number of rotatable bonds is 4. The molecular weight excluding hydrogens is 408 g/mol. The lowest BCUT2D eigenvalue weighted by molar-refractivity contribution is 0.340. The van der Waals surface area contributed by atoms with Crippen molar-refractivity contribution in [3.8, 4) is 5.75 Å². The third-order valence-corrected chi connectivity index (χ3v) is 7.93. The maximum atomic E-state index is 13.7. The number of benzene rings is 3. The van der Waals surface area contributed by atoms with Crippen molar-refractivity contribution >= 4 is 20.9 Å². The topological polar surface area (TPSA) is 62.4 Å². The molecule has 2 heterocycles. The van der Waals surface area contributed by atoms with Crippen LogP contribution in [0.25, 0.3) is 10.9 Å². The number of hydrogen-bond acceptors (Lipinski definition) is 3. The zero-order chi connectivity index (χ0) is 21.6. The van der Waals surface area contributed by atoms with Crippen LogP contribution in [0.2, 0.25) is 0 Å². The largest absolute Gasteiger partial charge is 0.497 e. The van der Waals surface area contributed by atoms with Crippen molar-refractivity contribution in [3.63, 3.8) is 0 Å². The summed E-state index contributed by atoms with van der Waals surface area (Å²) in [6, 6.07) is 22.4. The minimum Gasteiger partial charge on any atom is -0.497 e. The fraction of sp³-hybridized carbons (Fsp3) is 0.200. The van der Waals surface area contributed by atoms with Gasteiger partial charge in [0.1, 0.15) is 5.75 Å². The van der Waals surface area contributed by atoms with E-state index in [1.54, 1.807) is 23.5 Å². The number of aromatic nitrogens is 1. The van der Waals surface area contributed by atoms with Crippen LogP contribution in [0.3, 0.4) is 0 Å². The number of H-pyrrole nitrogens is 1. The Hall–Kier alpha value is -3.09. The molecule has 1 aliphatic heterocycles. The third-order valence-electron chi connectivity index (χ3n) is 6.05. The van der Waals surface area contributed by atoms with E-state index in [1.165, 1.54) is 5.56 Å². The second kappa shape index (κ2) is 7.55. The minimum absolute atomic E-state index is 0.316. The zero-order valence-electron chi connectivity index (χ0n) is 17.5. The molecule has 0 radical (unpaired) electrons. The normalized spacial score (nSPS) is 16.9. The quantitative estimate of drug-likeness (QED) is 0.503. The molecule has 0 spiro atoms. The minimum atomic E-state index is -3.69. The molecular formula is C25H24N2O3S. The average Bonchev–Trinajstić information content (AvgIpc) is 3.17. The van der Waals surface area contributed by atoms with Crippen molar-refractivity contribution in [2.24, 2.45) is 0 Å². The molecule has 0 amide bonds. The number of methoxy groups -OCH3 is 1. The summed E-state index contributed by atoms with van der Waals surface area (Å²) in [7, 11) is -2.07. The molecule has 158 valence electrons. The number of para-hydroxylation sites is 1. The van der Waals surface area contributed by atoms with Gasteiger partial charge in [-0.1, -0.05) is 48.0 Å². The monoisotopic (exact) mass is 432 g/mol. The Labute approximate surface area is 182 Å². The fourth-order valence-corrected chi connectivity index (χ4v) is 6.03. The Kier molecular flexibility index (Phi) is 4.84. The van der Waals surface area contributed by atoms with Gasteiger partial charge in [0.25, 0.3) is 0 Å². The zero-order valence-corrected chi connectivity index (χ0v) is 18.3. The predicted octanol–water partition coefficient (Wildman–Crippen LogP) is 4.82. The summed E-state index contributed by atoms with van der Waals surface area (Å²) >= 11 is 0. The summed E-state index contributed by atoms with van der Waals surface area (Å²) in [4.78, 5) is 3.83. The lowest BCUT2D eigenvalue weighted by atomic mass is 9.94. The van der Waals surface area contributed by atoms with E-state index in [0.717, 1.165) is 33.5 Å². The van der Waals surface area contributed by atoms with E-state index in [9.17, 15) is 8.42 Å². The number of ether oxygens (including phenoxy) is 1. The fourth-order valence-electron chi connectivity index (χ4n) is 4.44. The third kappa shape index (κ3) is 3.32. The van der Waals surface area contributed by atoms with Gasteiger partial charge < -0.3 is 9.72 Å². The molecule has 0 fully saturated rings. The van der Waals surface area contributed by atoms with Crippen molar-refractivity contribution < 1.29 is 13.2 Å². The van der Waals surface area contributed by atoms with Crippen LogP contribution in [0.1, 0.15) is 28.4 Å². The maximum Gasteiger partial charge on any atom is 0.244 e. The van der Waals surface area contributed by atoms with Crippen LogP contribution in [0.15, 0.2) is 77.7 Å². The molecule has 1 N–H and O–H groups in total. The molecule has 31 heavy (non-hydrogen) atoms. The molecule has 0 saturated heterocycles. The van der Waals surface area contributed by atoms with Gasteiger partial charge >= 0.3 is 0 Å². The number of hydrogen-bond donors (Lipinski definition) is 1. The molecule has 1 aromatic heterocycles. The summed E-state index contributed by atoms with van der Waals surface area (Å²) in [6.45, 7) is 2.37. The van der Waals surface area contributed by atoms with Crippen LogP contribution in [0.5, 0.6) is 5.75 Å². The molecule has 5 nitrogen and oxygen atoms in total. The van der Waals surface area contributed by atoms with E-state index < -0.39 is 16.1 Å². The highest BCUT2D eigenvalue weighted by Gasteiger charge is 2.39. The smallest absolute Gasteiger partial charge is 0.244 e. The summed E-state index contributed by atoms with van der Waals surface area (Å²) < 4.78 is 34.4. The highest BCUT2D eigenvalue weighted by Crippen LogP contribution is 2.41. The number of fused-ring (bicyclic) bond motifs is 3. The number of nitrogens with zero attached hydrogens (tertiary/aromatic N) is 1. The number of aromatic amines is 1. The number of sulfonamides is 1. The molecule has 0 saturated carbocycles. The number of aryl methyl sites for hydroxylation is 1. The second-order valence-electron chi connectivity index (χ2n) is 7.92. The van der Waals surface area contributed by atoms with Crippen molar-refractivity contribution in [2.75, 3.05) is 13.7 Å². The van der Waals surface area contributed by atoms with Gasteiger partial charge in [0.05, 0.1) is 18.0 Å². The molecule has 1 unspecified atom stereocenters. The van der Waals surface area contributed by atoms with Gasteiger partial charge in [-0.05, 0) is 54.8 Å². The van der Waals surface area contributed by atoms with Crippen molar-refractivity contribution in [1.82, 2.24) is 9.29 Å². The standard InChI is InChI=1S/C25H24N2O3S/c1-17-7-13-20(14-8-17)31(28,29)27-16-15-22-21-5-3-4-6-23(21)26-24(22)25(27)18-9-11-19(30-2)12-10-18/h3-14,25-26H,15-16H2,1-2H3. The number of nitrogens with one attached hydrogen (secondary N) is 1. The first-order valence-corrected chi connectivity index (χ1v) is 11.7. The Balaban J connectivity index is 1.69. The van der Waals surface area contributed by atoms with E-state index in [2.05, 4.69) is 11.1 Å². The van der Waals surface area contributed by atoms with Gasteiger partial charge in [0, 0.05) is 23.1 Å². The highest BCUT2D eigenvalue weighted by molar-refractivity contribution is 7.89. The van der Waals surface area contributed by atoms with Gasteiger partial charge in [-0.15, -0.1) is 0 Å². The highest BCUT2D eigenvalue weighted by atomic mass is 32.2. The summed E-state index contributed by atoms with van der Waals surface area (Å²) in [5.41, 5.74) is 5.09. The second-order valence-corrected chi connectivity index (χ2v) is 9.81. The molecule has 0 bridgehead atoms. The molecule has 4 aromatic rings. The lowest BCUT2D eigenvalue weighted by Crippen LogP contribution is -2.40. The maximum absolute atomic E-state index is 13.7. The first-order valence-electron chi connectivity index (χ1n) is 10.3. The van der Waals surface area contributed by atoms with Crippen LogP contribution in [0, 0.1) is 6.92 Å². The Morgan fingerprint density at radius 3 is 2.39 bits per heavy atom. The van der Waals surface area contributed by atoms with Crippen molar-refractivity contribution in [2.45, 2.75) is 24.3 Å².